The fraction of sp³-hybridized carbons (Fsp3) is 0.111. The highest BCUT2D eigenvalue weighted by Gasteiger charge is 2.04. The van der Waals surface area contributed by atoms with E-state index in [1.54, 1.807) is 30.5 Å². The van der Waals surface area contributed by atoms with Gasteiger partial charge in [-0.15, -0.1) is 0 Å². The molecule has 3 rings (SSSR count). The van der Waals surface area contributed by atoms with E-state index in [2.05, 4.69) is 10.3 Å². The Hall–Kier alpha value is -2.57. The molecule has 3 aromatic rings. The lowest BCUT2D eigenvalue weighted by Gasteiger charge is -2.08. The second-order valence-corrected chi connectivity index (χ2v) is 6.36. The number of hydrogen-bond acceptors (Lipinski definition) is 5. The number of thiazole rings is 1. The summed E-state index contributed by atoms with van der Waals surface area (Å²) in [6.07, 6.45) is 1.69. The number of rotatable bonds is 7. The lowest BCUT2D eigenvalue weighted by Crippen LogP contribution is -2.28. The largest absolute Gasteiger partial charge is 0.484 e. The molecular formula is C18H15ClN2O3S. The van der Waals surface area contributed by atoms with Crippen LogP contribution in [0.1, 0.15) is 5.56 Å². The number of aromatic nitrogens is 1. The van der Waals surface area contributed by atoms with Crippen LogP contribution in [0.5, 0.6) is 16.7 Å². The summed E-state index contributed by atoms with van der Waals surface area (Å²) in [6, 6.07) is 14.3. The summed E-state index contributed by atoms with van der Waals surface area (Å²) in [5.74, 6) is 1.11. The van der Waals surface area contributed by atoms with E-state index in [-0.39, 0.29) is 12.5 Å². The van der Waals surface area contributed by atoms with Gasteiger partial charge in [0.1, 0.15) is 11.5 Å². The normalized spacial score (nSPS) is 10.3. The Morgan fingerprint density at radius 2 is 1.80 bits per heavy atom. The zero-order valence-electron chi connectivity index (χ0n) is 13.1. The second-order valence-electron chi connectivity index (χ2n) is 5.06. The number of carbonyl (C=O) groups is 1. The average Bonchev–Trinajstić information content (AvgIpc) is 3.14. The molecule has 25 heavy (non-hydrogen) atoms. The van der Waals surface area contributed by atoms with Crippen molar-refractivity contribution in [3.63, 3.8) is 0 Å². The molecule has 0 aliphatic rings. The van der Waals surface area contributed by atoms with Gasteiger partial charge >= 0.3 is 0 Å². The quantitative estimate of drug-likeness (QED) is 0.670. The molecule has 0 radical (unpaired) electrons. The first-order valence-corrected chi connectivity index (χ1v) is 8.76. The van der Waals surface area contributed by atoms with E-state index in [1.807, 2.05) is 29.6 Å². The van der Waals surface area contributed by atoms with Crippen molar-refractivity contribution in [1.82, 2.24) is 10.3 Å². The first kappa shape index (κ1) is 17.3. The predicted molar refractivity (Wildman–Crippen MR) is 97.4 cm³/mol. The molecule has 0 unspecified atom stereocenters. The monoisotopic (exact) mass is 374 g/mol. The Bertz CT molecular complexity index is 805. The highest BCUT2D eigenvalue weighted by Crippen LogP contribution is 2.23. The summed E-state index contributed by atoms with van der Waals surface area (Å²) < 4.78 is 11.0. The molecular weight excluding hydrogens is 360 g/mol. The van der Waals surface area contributed by atoms with Crippen molar-refractivity contribution in [2.45, 2.75) is 6.54 Å². The molecule has 0 spiro atoms. The molecule has 0 aliphatic heterocycles. The molecule has 2 aromatic carbocycles. The number of carbonyl (C=O) groups excluding carboxylic acids is 1. The minimum Gasteiger partial charge on any atom is -0.484 e. The number of benzene rings is 2. The van der Waals surface area contributed by atoms with Crippen LogP contribution in [-0.4, -0.2) is 17.5 Å². The third-order valence-electron chi connectivity index (χ3n) is 3.21. The van der Waals surface area contributed by atoms with Crippen LogP contribution in [0.15, 0.2) is 60.1 Å². The fourth-order valence-electron chi connectivity index (χ4n) is 1.97. The van der Waals surface area contributed by atoms with E-state index in [0.29, 0.717) is 28.3 Å². The molecule has 0 bridgehead atoms. The van der Waals surface area contributed by atoms with Crippen LogP contribution in [-0.2, 0) is 11.3 Å². The van der Waals surface area contributed by atoms with Crippen molar-refractivity contribution in [3.8, 4) is 16.7 Å². The third-order valence-corrected chi connectivity index (χ3v) is 4.11. The molecule has 1 amide bonds. The maximum absolute atomic E-state index is 11.8. The standard InChI is InChI=1S/C18H15ClN2O3S/c19-14-3-7-15(8-4-14)23-12-17(22)21-11-13-1-5-16(6-2-13)24-18-20-9-10-25-18/h1-10H,11-12H2,(H,21,22). The van der Waals surface area contributed by atoms with Gasteiger partial charge in [0.05, 0.1) is 0 Å². The summed E-state index contributed by atoms with van der Waals surface area (Å²) in [6.45, 7) is 0.368. The lowest BCUT2D eigenvalue weighted by molar-refractivity contribution is -0.123. The summed E-state index contributed by atoms with van der Waals surface area (Å²) in [4.78, 5) is 15.9. The van der Waals surface area contributed by atoms with Gasteiger partial charge in [-0.1, -0.05) is 35.1 Å². The van der Waals surface area contributed by atoms with Crippen molar-refractivity contribution >= 4 is 28.8 Å². The van der Waals surface area contributed by atoms with E-state index in [0.717, 1.165) is 5.56 Å². The maximum Gasteiger partial charge on any atom is 0.278 e. The minimum atomic E-state index is -0.196. The molecule has 0 saturated carbocycles. The van der Waals surface area contributed by atoms with E-state index >= 15 is 0 Å². The van der Waals surface area contributed by atoms with Crippen LogP contribution in [0.4, 0.5) is 0 Å². The van der Waals surface area contributed by atoms with Gasteiger partial charge in [-0.3, -0.25) is 4.79 Å². The maximum atomic E-state index is 11.8. The lowest BCUT2D eigenvalue weighted by atomic mass is 10.2. The van der Waals surface area contributed by atoms with Gasteiger partial charge in [0.25, 0.3) is 11.1 Å². The second kappa shape index (κ2) is 8.50. The van der Waals surface area contributed by atoms with E-state index in [9.17, 15) is 4.79 Å². The highest BCUT2D eigenvalue weighted by molar-refractivity contribution is 7.11. The van der Waals surface area contributed by atoms with Gasteiger partial charge < -0.3 is 14.8 Å². The zero-order valence-corrected chi connectivity index (χ0v) is 14.7. The molecule has 128 valence electrons. The number of nitrogens with zero attached hydrogens (tertiary/aromatic N) is 1. The smallest absolute Gasteiger partial charge is 0.278 e. The number of ether oxygens (including phenoxy) is 2. The Kier molecular flexibility index (Phi) is 5.87. The van der Waals surface area contributed by atoms with Crippen LogP contribution in [0, 0.1) is 0 Å². The van der Waals surface area contributed by atoms with Gasteiger partial charge in [-0.2, -0.15) is 0 Å². The average molecular weight is 375 g/mol. The van der Waals surface area contributed by atoms with Gasteiger partial charge in [0.15, 0.2) is 6.61 Å². The summed E-state index contributed by atoms with van der Waals surface area (Å²) in [7, 11) is 0. The number of nitrogens with one attached hydrogen (secondary N) is 1. The molecule has 7 heteroatoms. The van der Waals surface area contributed by atoms with Crippen molar-refractivity contribution in [2.75, 3.05) is 6.61 Å². The number of halogens is 1. The number of amides is 1. The Morgan fingerprint density at radius 1 is 1.08 bits per heavy atom. The van der Waals surface area contributed by atoms with E-state index < -0.39 is 0 Å². The van der Waals surface area contributed by atoms with Crippen molar-refractivity contribution in [3.05, 3.63) is 70.7 Å². The Balaban J connectivity index is 1.43. The van der Waals surface area contributed by atoms with Crippen molar-refractivity contribution in [2.24, 2.45) is 0 Å². The van der Waals surface area contributed by atoms with Crippen LogP contribution in [0.3, 0.4) is 0 Å². The van der Waals surface area contributed by atoms with Gasteiger partial charge in [0, 0.05) is 23.1 Å². The van der Waals surface area contributed by atoms with E-state index in [4.69, 9.17) is 21.1 Å². The van der Waals surface area contributed by atoms with Crippen LogP contribution < -0.4 is 14.8 Å². The van der Waals surface area contributed by atoms with Crippen LogP contribution in [0.2, 0.25) is 5.02 Å². The zero-order chi connectivity index (χ0) is 17.5. The van der Waals surface area contributed by atoms with E-state index in [1.165, 1.54) is 11.3 Å². The third kappa shape index (κ3) is 5.48. The minimum absolute atomic E-state index is 0.0487. The first-order valence-electron chi connectivity index (χ1n) is 7.50. The first-order chi connectivity index (χ1) is 12.2. The fourth-order valence-corrected chi connectivity index (χ4v) is 2.60. The SMILES string of the molecule is O=C(COc1ccc(Cl)cc1)NCc1ccc(Oc2nccs2)cc1. The van der Waals surface area contributed by atoms with Gasteiger partial charge in [0.2, 0.25) is 0 Å². The molecule has 1 N–H and O–H groups in total. The molecule has 0 saturated heterocycles. The molecule has 0 fully saturated rings. The highest BCUT2D eigenvalue weighted by atomic mass is 35.5. The molecule has 1 heterocycles. The van der Waals surface area contributed by atoms with Crippen molar-refractivity contribution in [1.29, 1.82) is 0 Å². The summed E-state index contributed by atoms with van der Waals surface area (Å²) in [5, 5.41) is 5.88. The summed E-state index contributed by atoms with van der Waals surface area (Å²) >= 11 is 7.22. The topological polar surface area (TPSA) is 60.5 Å². The van der Waals surface area contributed by atoms with Crippen molar-refractivity contribution < 1.29 is 14.3 Å². The van der Waals surface area contributed by atoms with Gasteiger partial charge in [-0.25, -0.2) is 4.98 Å². The van der Waals surface area contributed by atoms with Gasteiger partial charge in [-0.05, 0) is 42.0 Å². The predicted octanol–water partition coefficient (Wildman–Crippen LogP) is 4.28. The van der Waals surface area contributed by atoms with Crippen LogP contribution in [0.25, 0.3) is 0 Å². The van der Waals surface area contributed by atoms with Crippen LogP contribution >= 0.6 is 22.9 Å². The Labute approximate surface area is 154 Å². The summed E-state index contributed by atoms with van der Waals surface area (Å²) in [5.41, 5.74) is 0.964. The Morgan fingerprint density at radius 3 is 2.48 bits per heavy atom. The molecule has 0 atom stereocenters. The molecule has 1 aromatic heterocycles. The number of hydrogen-bond donors (Lipinski definition) is 1. The molecule has 5 nitrogen and oxygen atoms in total. The molecule has 0 aliphatic carbocycles.